The van der Waals surface area contributed by atoms with E-state index in [-0.39, 0.29) is 18.3 Å². The number of thiophene rings is 1. The molecule has 1 aliphatic rings. The van der Waals surface area contributed by atoms with Gasteiger partial charge in [-0.15, -0.1) is 11.3 Å². The number of rotatable bonds is 8. The van der Waals surface area contributed by atoms with Crippen molar-refractivity contribution in [2.75, 3.05) is 13.7 Å². The van der Waals surface area contributed by atoms with Gasteiger partial charge in [0.15, 0.2) is 6.61 Å². The lowest BCUT2D eigenvalue weighted by atomic mass is 10.0. The third kappa shape index (κ3) is 5.52. The van der Waals surface area contributed by atoms with E-state index in [0.29, 0.717) is 23.1 Å². The summed E-state index contributed by atoms with van der Waals surface area (Å²) in [4.78, 5) is 27.9. The number of amides is 1. The Hall–Kier alpha value is -2.25. The van der Waals surface area contributed by atoms with Crippen LogP contribution >= 0.6 is 23.1 Å². The van der Waals surface area contributed by atoms with Crippen LogP contribution in [0.15, 0.2) is 46.2 Å². The first-order valence-electron chi connectivity index (χ1n) is 10.7. The molecule has 1 saturated carbocycles. The molecule has 3 aromatic rings. The highest BCUT2D eigenvalue weighted by Crippen LogP contribution is 2.35. The summed E-state index contributed by atoms with van der Waals surface area (Å²) in [7, 11) is 1.71. The Balaban J connectivity index is 1.42. The summed E-state index contributed by atoms with van der Waals surface area (Å²) in [5, 5.41) is 3.54. The van der Waals surface area contributed by atoms with Crippen LogP contribution in [0, 0.1) is 0 Å². The number of para-hydroxylation sites is 1. The Kier molecular flexibility index (Phi) is 7.35. The van der Waals surface area contributed by atoms with Crippen molar-refractivity contribution < 1.29 is 18.7 Å². The van der Waals surface area contributed by atoms with E-state index < -0.39 is 5.97 Å². The third-order valence-corrected chi connectivity index (χ3v) is 7.88. The van der Waals surface area contributed by atoms with Gasteiger partial charge in [0.1, 0.15) is 5.58 Å². The topological polar surface area (TPSA) is 59.8 Å². The molecule has 2 aromatic heterocycles. The fraction of sp³-hybridized carbons (Fsp3) is 0.417. The number of esters is 1. The first-order valence-corrected chi connectivity index (χ1v) is 12.6. The van der Waals surface area contributed by atoms with Crippen LogP contribution in [-0.4, -0.2) is 35.7 Å². The van der Waals surface area contributed by atoms with Crippen LogP contribution in [0.4, 0.5) is 0 Å². The van der Waals surface area contributed by atoms with E-state index in [1.807, 2.05) is 53.5 Å². The minimum Gasteiger partial charge on any atom is -0.450 e. The number of hydrogen-bond donors (Lipinski definition) is 0. The minimum absolute atomic E-state index is 0.221. The molecule has 164 valence electrons. The number of carbonyl (C=O) groups is 2. The number of hydrogen-bond acceptors (Lipinski definition) is 6. The summed E-state index contributed by atoms with van der Waals surface area (Å²) in [6.45, 7) is 0.203. The van der Waals surface area contributed by atoms with Crippen LogP contribution in [0.2, 0.25) is 0 Å². The van der Waals surface area contributed by atoms with Gasteiger partial charge in [-0.1, -0.05) is 43.5 Å². The number of nitrogens with zero attached hydrogens (tertiary/aromatic N) is 1. The molecule has 0 unspecified atom stereocenters. The average molecular weight is 458 g/mol. The molecule has 7 heteroatoms. The van der Waals surface area contributed by atoms with Crippen LogP contribution < -0.4 is 0 Å². The standard InChI is InChI=1S/C24H27NO4S2/c1-25(14-18-10-7-13-30-18)22(26)15-28-24(27)23-20(16-31-17-8-3-2-4-9-17)19-11-5-6-12-21(19)29-23/h5-7,10-13,17H,2-4,8-9,14-16H2,1H3. The number of fused-ring (bicyclic) bond motifs is 1. The van der Waals surface area contributed by atoms with Crippen molar-refractivity contribution in [1.29, 1.82) is 0 Å². The molecule has 31 heavy (non-hydrogen) atoms. The van der Waals surface area contributed by atoms with Crippen LogP contribution in [-0.2, 0) is 21.8 Å². The van der Waals surface area contributed by atoms with Gasteiger partial charge in [-0.05, 0) is 30.4 Å². The van der Waals surface area contributed by atoms with Gasteiger partial charge in [0.2, 0.25) is 5.76 Å². The van der Waals surface area contributed by atoms with Gasteiger partial charge < -0.3 is 14.1 Å². The Morgan fingerprint density at radius 1 is 1.16 bits per heavy atom. The highest BCUT2D eigenvalue weighted by molar-refractivity contribution is 7.99. The van der Waals surface area contributed by atoms with Crippen molar-refractivity contribution >= 4 is 45.9 Å². The van der Waals surface area contributed by atoms with Gasteiger partial charge in [0, 0.05) is 33.9 Å². The lowest BCUT2D eigenvalue weighted by Crippen LogP contribution is -2.30. The summed E-state index contributed by atoms with van der Waals surface area (Å²) in [6, 6.07) is 11.6. The molecule has 0 aliphatic heterocycles. The Labute approximate surface area is 190 Å². The smallest absolute Gasteiger partial charge is 0.375 e. The molecule has 2 heterocycles. The van der Waals surface area contributed by atoms with Crippen molar-refractivity contribution in [2.24, 2.45) is 0 Å². The number of furan rings is 1. The molecule has 0 atom stereocenters. The monoisotopic (exact) mass is 457 g/mol. The molecular weight excluding hydrogens is 430 g/mol. The zero-order valence-corrected chi connectivity index (χ0v) is 19.3. The number of thioether (sulfide) groups is 1. The van der Waals surface area contributed by atoms with Crippen molar-refractivity contribution in [3.05, 3.63) is 58.0 Å². The predicted molar refractivity (Wildman–Crippen MR) is 125 cm³/mol. The average Bonchev–Trinajstić information content (AvgIpc) is 3.44. The lowest BCUT2D eigenvalue weighted by molar-refractivity contribution is -0.133. The first kappa shape index (κ1) is 22.0. The predicted octanol–water partition coefficient (Wildman–Crippen LogP) is 5.88. The first-order chi connectivity index (χ1) is 15.1. The van der Waals surface area contributed by atoms with Gasteiger partial charge in [-0.3, -0.25) is 4.79 Å². The molecule has 0 N–H and O–H groups in total. The Bertz CT molecular complexity index is 1020. The third-order valence-electron chi connectivity index (χ3n) is 5.62. The summed E-state index contributed by atoms with van der Waals surface area (Å²) in [5.74, 6) is 0.112. The maximum absolute atomic E-state index is 12.8. The number of carbonyl (C=O) groups excluding carboxylic acids is 2. The molecule has 0 saturated heterocycles. The summed E-state index contributed by atoms with van der Waals surface area (Å²) >= 11 is 3.48. The molecule has 0 radical (unpaired) electrons. The van der Waals surface area contributed by atoms with Gasteiger partial charge >= 0.3 is 5.97 Å². The summed E-state index contributed by atoms with van der Waals surface area (Å²) in [6.07, 6.45) is 6.33. The van der Waals surface area contributed by atoms with Crippen molar-refractivity contribution in [3.8, 4) is 0 Å². The fourth-order valence-corrected chi connectivity index (χ4v) is 5.98. The summed E-state index contributed by atoms with van der Waals surface area (Å²) in [5.41, 5.74) is 1.55. The van der Waals surface area contributed by atoms with Crippen LogP contribution in [0.1, 0.15) is 53.1 Å². The van der Waals surface area contributed by atoms with Gasteiger partial charge in [0.25, 0.3) is 5.91 Å². The molecule has 1 amide bonds. The zero-order chi connectivity index (χ0) is 21.6. The second-order valence-electron chi connectivity index (χ2n) is 7.88. The minimum atomic E-state index is -0.576. The second-order valence-corrected chi connectivity index (χ2v) is 10.2. The van der Waals surface area contributed by atoms with Crippen LogP contribution in [0.25, 0.3) is 11.0 Å². The van der Waals surface area contributed by atoms with Gasteiger partial charge in [0.05, 0.1) is 6.54 Å². The molecule has 1 aromatic carbocycles. The second kappa shape index (κ2) is 10.4. The molecule has 1 fully saturated rings. The van der Waals surface area contributed by atoms with Crippen LogP contribution in [0.3, 0.4) is 0 Å². The number of benzene rings is 1. The van der Waals surface area contributed by atoms with E-state index in [9.17, 15) is 9.59 Å². The molecule has 0 spiro atoms. The SMILES string of the molecule is CN(Cc1cccs1)C(=O)COC(=O)c1oc2ccccc2c1CSC1CCCCC1. The van der Waals surface area contributed by atoms with E-state index in [2.05, 4.69) is 0 Å². The highest BCUT2D eigenvalue weighted by Gasteiger charge is 2.24. The van der Waals surface area contributed by atoms with Crippen molar-refractivity contribution in [3.63, 3.8) is 0 Å². The maximum atomic E-state index is 12.8. The number of ether oxygens (including phenoxy) is 1. The van der Waals surface area contributed by atoms with Crippen molar-refractivity contribution in [2.45, 2.75) is 49.7 Å². The highest BCUT2D eigenvalue weighted by atomic mass is 32.2. The van der Waals surface area contributed by atoms with Gasteiger partial charge in [-0.2, -0.15) is 11.8 Å². The molecular formula is C24H27NO4S2. The number of likely N-dealkylation sites (N-methyl/N-ethyl adjacent to an activating group) is 1. The molecule has 1 aliphatic carbocycles. The van der Waals surface area contributed by atoms with E-state index in [1.165, 1.54) is 32.1 Å². The van der Waals surface area contributed by atoms with E-state index in [1.54, 1.807) is 23.3 Å². The van der Waals surface area contributed by atoms with Crippen LogP contribution in [0.5, 0.6) is 0 Å². The Morgan fingerprint density at radius 3 is 2.74 bits per heavy atom. The lowest BCUT2D eigenvalue weighted by Gasteiger charge is -2.20. The maximum Gasteiger partial charge on any atom is 0.375 e. The zero-order valence-electron chi connectivity index (χ0n) is 17.7. The summed E-state index contributed by atoms with van der Waals surface area (Å²) < 4.78 is 11.2. The molecule has 4 rings (SSSR count). The van der Waals surface area contributed by atoms with Gasteiger partial charge in [-0.25, -0.2) is 4.79 Å². The fourth-order valence-electron chi connectivity index (χ4n) is 3.87. The van der Waals surface area contributed by atoms with E-state index in [4.69, 9.17) is 9.15 Å². The van der Waals surface area contributed by atoms with E-state index >= 15 is 0 Å². The quantitative estimate of drug-likeness (QED) is 0.396. The van der Waals surface area contributed by atoms with E-state index in [0.717, 1.165) is 15.8 Å². The molecule has 0 bridgehead atoms. The largest absolute Gasteiger partial charge is 0.450 e. The van der Waals surface area contributed by atoms with Crippen molar-refractivity contribution in [1.82, 2.24) is 4.90 Å². The Morgan fingerprint density at radius 2 is 1.97 bits per heavy atom. The molecule has 5 nitrogen and oxygen atoms in total. The normalized spacial score (nSPS) is 14.6.